The molecule has 1 heterocycles. The fourth-order valence-electron chi connectivity index (χ4n) is 4.09. The molecule has 2 saturated carbocycles. The number of rotatable bonds is 1. The highest BCUT2D eigenvalue weighted by Gasteiger charge is 2.52. The lowest BCUT2D eigenvalue weighted by Gasteiger charge is -2.49. The van der Waals surface area contributed by atoms with Gasteiger partial charge in [0, 0.05) is 5.92 Å². The molecular weight excluding hydrogens is 228 g/mol. The van der Waals surface area contributed by atoms with E-state index in [2.05, 4.69) is 13.5 Å². The van der Waals surface area contributed by atoms with Crippen LogP contribution < -0.4 is 0 Å². The average molecular weight is 248 g/mol. The number of aliphatic hydroxyl groups is 1. The number of hydrogen-bond donors (Lipinski definition) is 1. The van der Waals surface area contributed by atoms with E-state index in [0.717, 1.165) is 24.8 Å². The molecule has 3 heteroatoms. The first-order valence-corrected chi connectivity index (χ1v) is 6.78. The van der Waals surface area contributed by atoms with Crippen molar-refractivity contribution in [3.8, 4) is 0 Å². The lowest BCUT2D eigenvalue weighted by atomic mass is 9.57. The van der Waals surface area contributed by atoms with Gasteiger partial charge in [-0.3, -0.25) is 0 Å². The molecule has 0 aromatic heterocycles. The summed E-state index contributed by atoms with van der Waals surface area (Å²) in [5, 5.41) is 9.32. The van der Waals surface area contributed by atoms with Crippen LogP contribution in [0.2, 0.25) is 0 Å². The van der Waals surface area contributed by atoms with Gasteiger partial charge in [0.05, 0.1) is 12.2 Å². The zero-order chi connectivity index (χ0) is 12.9. The van der Waals surface area contributed by atoms with Crippen molar-refractivity contribution in [3.05, 3.63) is 23.3 Å². The molecule has 0 radical (unpaired) electrons. The number of carbonyl (C=O) groups excluding carboxylic acids is 1. The predicted molar refractivity (Wildman–Crippen MR) is 67.8 cm³/mol. The van der Waals surface area contributed by atoms with Crippen molar-refractivity contribution in [2.24, 2.45) is 11.3 Å². The van der Waals surface area contributed by atoms with Gasteiger partial charge in [0.25, 0.3) is 0 Å². The van der Waals surface area contributed by atoms with E-state index in [1.165, 1.54) is 18.4 Å². The fraction of sp³-hybridized carbons (Fsp3) is 0.667. The van der Waals surface area contributed by atoms with Crippen molar-refractivity contribution in [2.45, 2.75) is 45.1 Å². The summed E-state index contributed by atoms with van der Waals surface area (Å²) in [4.78, 5) is 11.8. The number of hydrogen-bond acceptors (Lipinski definition) is 3. The number of esters is 1. The van der Waals surface area contributed by atoms with Gasteiger partial charge in [0.15, 0.2) is 0 Å². The first-order valence-electron chi connectivity index (χ1n) is 6.78. The molecule has 0 aromatic rings. The van der Waals surface area contributed by atoms with Gasteiger partial charge in [-0.05, 0) is 43.1 Å². The molecule has 0 spiro atoms. The highest BCUT2D eigenvalue weighted by molar-refractivity contribution is 5.92. The Labute approximate surface area is 108 Å². The van der Waals surface area contributed by atoms with Crippen molar-refractivity contribution in [3.63, 3.8) is 0 Å². The van der Waals surface area contributed by atoms with Crippen LogP contribution in [0.3, 0.4) is 0 Å². The second-order valence-electron chi connectivity index (χ2n) is 6.13. The van der Waals surface area contributed by atoms with Gasteiger partial charge in [-0.15, -0.1) is 0 Å². The van der Waals surface area contributed by atoms with E-state index in [9.17, 15) is 9.90 Å². The summed E-state index contributed by atoms with van der Waals surface area (Å²) < 4.78 is 5.54. The minimum atomic E-state index is -0.319. The summed E-state index contributed by atoms with van der Waals surface area (Å²) in [5.41, 5.74) is 2.97. The SMILES string of the molecule is C=C1CCC[C@]2(C)CCC3=C(CO)C(=O)O[C@@H]3C12. The number of fused-ring (bicyclic) bond motifs is 3. The highest BCUT2D eigenvalue weighted by Crippen LogP contribution is 2.55. The first kappa shape index (κ1) is 12.0. The van der Waals surface area contributed by atoms with Gasteiger partial charge in [0.2, 0.25) is 0 Å². The zero-order valence-electron chi connectivity index (χ0n) is 10.9. The molecule has 3 rings (SSSR count). The van der Waals surface area contributed by atoms with E-state index >= 15 is 0 Å². The molecule has 1 N–H and O–H groups in total. The molecule has 2 fully saturated rings. The third-order valence-corrected chi connectivity index (χ3v) is 5.07. The van der Waals surface area contributed by atoms with Crippen LogP contribution in [-0.2, 0) is 9.53 Å². The summed E-state index contributed by atoms with van der Waals surface area (Å²) in [6.07, 6.45) is 5.22. The van der Waals surface area contributed by atoms with Crippen LogP contribution in [0.15, 0.2) is 23.3 Å². The van der Waals surface area contributed by atoms with Crippen LogP contribution >= 0.6 is 0 Å². The molecule has 3 aliphatic rings. The van der Waals surface area contributed by atoms with Gasteiger partial charge in [0.1, 0.15) is 6.10 Å². The topological polar surface area (TPSA) is 46.5 Å². The van der Waals surface area contributed by atoms with Crippen LogP contribution in [0.25, 0.3) is 0 Å². The van der Waals surface area contributed by atoms with E-state index in [0.29, 0.717) is 5.57 Å². The summed E-state index contributed by atoms with van der Waals surface area (Å²) in [6, 6.07) is 0. The number of ether oxygens (including phenoxy) is 1. The Morgan fingerprint density at radius 1 is 1.44 bits per heavy atom. The number of carbonyl (C=O) groups is 1. The van der Waals surface area contributed by atoms with E-state index < -0.39 is 0 Å². The molecule has 98 valence electrons. The van der Waals surface area contributed by atoms with Crippen LogP contribution in [0.4, 0.5) is 0 Å². The minimum Gasteiger partial charge on any atom is -0.454 e. The fourth-order valence-corrected chi connectivity index (χ4v) is 4.09. The molecule has 1 aliphatic heterocycles. The van der Waals surface area contributed by atoms with Gasteiger partial charge >= 0.3 is 5.97 Å². The summed E-state index contributed by atoms with van der Waals surface area (Å²) >= 11 is 0. The largest absolute Gasteiger partial charge is 0.454 e. The summed E-state index contributed by atoms with van der Waals surface area (Å²) in [6.45, 7) is 6.30. The van der Waals surface area contributed by atoms with Crippen LogP contribution in [0.5, 0.6) is 0 Å². The molecule has 0 aromatic carbocycles. The monoisotopic (exact) mass is 248 g/mol. The first-order chi connectivity index (χ1) is 8.57. The third-order valence-electron chi connectivity index (χ3n) is 5.07. The van der Waals surface area contributed by atoms with Gasteiger partial charge in [-0.2, -0.15) is 0 Å². The quantitative estimate of drug-likeness (QED) is 0.572. The Hall–Kier alpha value is -1.09. The molecular formula is C15H20O3. The van der Waals surface area contributed by atoms with Gasteiger partial charge in [-0.1, -0.05) is 19.1 Å². The van der Waals surface area contributed by atoms with E-state index in [4.69, 9.17) is 4.74 Å². The number of aliphatic hydroxyl groups excluding tert-OH is 1. The predicted octanol–water partition coefficient (Wildman–Crippen LogP) is 2.36. The maximum atomic E-state index is 11.8. The Morgan fingerprint density at radius 2 is 2.22 bits per heavy atom. The molecule has 1 unspecified atom stereocenters. The van der Waals surface area contributed by atoms with Crippen molar-refractivity contribution in [2.75, 3.05) is 6.61 Å². The molecule has 3 nitrogen and oxygen atoms in total. The Balaban J connectivity index is 2.01. The van der Waals surface area contributed by atoms with Crippen LogP contribution in [-0.4, -0.2) is 23.8 Å². The standard InChI is InChI=1S/C15H20O3/c1-9-4-3-6-15(2)7-5-10-11(8-16)14(17)18-13(10)12(9)15/h12-13,16H,1,3-8H2,2H3/t12?,13-,15+/m0/s1. The molecule has 0 bridgehead atoms. The Kier molecular flexibility index (Phi) is 2.63. The molecule has 2 aliphatic carbocycles. The normalized spacial score (nSPS) is 39.4. The van der Waals surface area contributed by atoms with Crippen molar-refractivity contribution >= 4 is 5.97 Å². The second-order valence-corrected chi connectivity index (χ2v) is 6.13. The van der Waals surface area contributed by atoms with Crippen molar-refractivity contribution < 1.29 is 14.6 Å². The van der Waals surface area contributed by atoms with Gasteiger partial charge < -0.3 is 9.84 Å². The minimum absolute atomic E-state index is 0.147. The zero-order valence-corrected chi connectivity index (χ0v) is 10.9. The highest BCUT2D eigenvalue weighted by atomic mass is 16.5. The van der Waals surface area contributed by atoms with Crippen LogP contribution in [0, 0.1) is 11.3 Å². The van der Waals surface area contributed by atoms with E-state index in [1.54, 1.807) is 0 Å². The van der Waals surface area contributed by atoms with E-state index in [1.807, 2.05) is 0 Å². The maximum Gasteiger partial charge on any atom is 0.337 e. The van der Waals surface area contributed by atoms with Crippen molar-refractivity contribution in [1.29, 1.82) is 0 Å². The summed E-state index contributed by atoms with van der Waals surface area (Å²) in [7, 11) is 0. The average Bonchev–Trinajstić information content (AvgIpc) is 2.63. The summed E-state index contributed by atoms with van der Waals surface area (Å²) in [5.74, 6) is -0.0666. The molecule has 0 amide bonds. The van der Waals surface area contributed by atoms with Gasteiger partial charge in [-0.25, -0.2) is 4.79 Å². The Morgan fingerprint density at radius 3 is 2.94 bits per heavy atom. The van der Waals surface area contributed by atoms with E-state index in [-0.39, 0.29) is 30.0 Å². The smallest absolute Gasteiger partial charge is 0.337 e. The molecule has 3 atom stereocenters. The lowest BCUT2D eigenvalue weighted by Crippen LogP contribution is -2.44. The maximum absolute atomic E-state index is 11.8. The van der Waals surface area contributed by atoms with Crippen molar-refractivity contribution in [1.82, 2.24) is 0 Å². The third kappa shape index (κ3) is 1.50. The van der Waals surface area contributed by atoms with Crippen LogP contribution in [0.1, 0.15) is 39.0 Å². The lowest BCUT2D eigenvalue weighted by molar-refractivity contribution is -0.144. The second kappa shape index (κ2) is 3.95. The Bertz CT molecular complexity index is 449. The molecule has 18 heavy (non-hydrogen) atoms. The molecule has 0 saturated heterocycles.